The maximum absolute atomic E-state index is 12.9. The third kappa shape index (κ3) is 5.76. The minimum absolute atomic E-state index is 0.0988. The van der Waals surface area contributed by atoms with Gasteiger partial charge in [0.05, 0.1) is 34.1 Å². The van der Waals surface area contributed by atoms with Gasteiger partial charge in [0.25, 0.3) is 5.91 Å². The van der Waals surface area contributed by atoms with E-state index >= 15 is 0 Å². The Morgan fingerprint density at radius 3 is 2.67 bits per heavy atom. The number of amides is 4. The molecule has 3 aliphatic rings. The van der Waals surface area contributed by atoms with Crippen LogP contribution >= 0.6 is 22.9 Å². The summed E-state index contributed by atoms with van der Waals surface area (Å²) < 4.78 is 17.5. The Morgan fingerprint density at radius 1 is 1.18 bits per heavy atom. The molecule has 39 heavy (non-hydrogen) atoms. The van der Waals surface area contributed by atoms with E-state index in [4.69, 9.17) is 25.8 Å². The summed E-state index contributed by atoms with van der Waals surface area (Å²) in [7, 11) is 0. The highest BCUT2D eigenvalue weighted by atomic mass is 35.5. The van der Waals surface area contributed by atoms with Crippen LogP contribution in [0.15, 0.2) is 30.3 Å². The molecule has 0 spiro atoms. The Bertz CT molecular complexity index is 1310. The summed E-state index contributed by atoms with van der Waals surface area (Å²) in [4.78, 5) is 55.7. The lowest BCUT2D eigenvalue weighted by molar-refractivity contribution is -0.121. The quantitative estimate of drug-likeness (QED) is 0.587. The minimum atomic E-state index is -0.650. The van der Waals surface area contributed by atoms with Crippen LogP contribution in [0.1, 0.15) is 36.9 Å². The van der Waals surface area contributed by atoms with Crippen LogP contribution < -0.4 is 19.9 Å². The maximum atomic E-state index is 12.9. The third-order valence-corrected chi connectivity index (χ3v) is 7.76. The Labute approximate surface area is 234 Å². The predicted molar refractivity (Wildman–Crippen MR) is 145 cm³/mol. The number of hydrogen-bond donors (Lipinski definition) is 1. The number of benzene rings is 1. The van der Waals surface area contributed by atoms with Crippen molar-refractivity contribution in [1.29, 1.82) is 0 Å². The zero-order valence-electron chi connectivity index (χ0n) is 21.8. The molecule has 3 aliphatic heterocycles. The summed E-state index contributed by atoms with van der Waals surface area (Å²) in [6.45, 7) is 6.31. The highest BCUT2D eigenvalue weighted by Crippen LogP contribution is 2.40. The van der Waals surface area contributed by atoms with Crippen LogP contribution in [0.4, 0.5) is 21.0 Å². The van der Waals surface area contributed by atoms with Crippen LogP contribution in [0, 0.1) is 0 Å². The van der Waals surface area contributed by atoms with Gasteiger partial charge in [-0.15, -0.1) is 11.3 Å². The SMILES string of the molecule is CC(C)(C)OC(=O)N1CCN(c2ccc3c(c2)OCC[C@H]2[C@H](CNC(=O)c4ccc(Cl)s4)OC(=O)N32)C(=O)C1. The number of fused-ring (bicyclic) bond motifs is 3. The van der Waals surface area contributed by atoms with Gasteiger partial charge in [0, 0.05) is 31.3 Å². The van der Waals surface area contributed by atoms with E-state index in [9.17, 15) is 19.2 Å². The lowest BCUT2D eigenvalue weighted by atomic mass is 10.1. The number of hydrogen-bond acceptors (Lipinski definition) is 8. The summed E-state index contributed by atoms with van der Waals surface area (Å²) in [6.07, 6.45) is -1.12. The Balaban J connectivity index is 1.27. The third-order valence-electron chi connectivity index (χ3n) is 6.53. The van der Waals surface area contributed by atoms with Gasteiger partial charge in [-0.1, -0.05) is 11.6 Å². The molecule has 2 atom stereocenters. The van der Waals surface area contributed by atoms with Crippen LogP contribution in [-0.4, -0.2) is 79.4 Å². The molecule has 0 radical (unpaired) electrons. The number of nitrogens with one attached hydrogen (secondary N) is 1. The number of halogens is 1. The molecule has 5 rings (SSSR count). The molecule has 11 nitrogen and oxygen atoms in total. The molecule has 2 saturated heterocycles. The number of piperazine rings is 1. The molecule has 2 fully saturated rings. The molecule has 1 aromatic heterocycles. The lowest BCUT2D eigenvalue weighted by Crippen LogP contribution is -2.53. The standard InChI is InChI=1S/C26H29ClN4O7S/c1-26(2,3)38-24(34)29-9-10-30(22(32)14-29)15-4-5-16-18(12-15)36-11-8-17-19(37-25(35)31(16)17)13-28-23(33)20-6-7-21(27)39-20/h4-7,12,17,19H,8-11,13-14H2,1-3H3,(H,28,33)/t17-,19-/m0/s1. The molecule has 4 amide bonds. The zero-order chi connectivity index (χ0) is 27.9. The molecule has 2 aromatic rings. The van der Waals surface area contributed by atoms with Crippen molar-refractivity contribution in [3.05, 3.63) is 39.5 Å². The van der Waals surface area contributed by atoms with Crippen LogP contribution in [0.2, 0.25) is 4.34 Å². The average Bonchev–Trinajstić information content (AvgIpc) is 3.37. The number of carbonyl (C=O) groups is 4. The van der Waals surface area contributed by atoms with E-state index in [-0.39, 0.29) is 30.9 Å². The fourth-order valence-electron chi connectivity index (χ4n) is 4.76. The second-order valence-corrected chi connectivity index (χ2v) is 12.1. The van der Waals surface area contributed by atoms with Crippen LogP contribution in [-0.2, 0) is 14.3 Å². The summed E-state index contributed by atoms with van der Waals surface area (Å²) in [5, 5.41) is 2.82. The number of carbonyl (C=O) groups excluding carboxylic acids is 4. The number of nitrogens with zero attached hydrogens (tertiary/aromatic N) is 3. The fraction of sp³-hybridized carbons (Fsp3) is 0.462. The largest absolute Gasteiger partial charge is 0.491 e. The van der Waals surface area contributed by atoms with Gasteiger partial charge in [0.2, 0.25) is 5.91 Å². The van der Waals surface area contributed by atoms with Crippen molar-refractivity contribution in [2.45, 2.75) is 44.9 Å². The predicted octanol–water partition coefficient (Wildman–Crippen LogP) is 3.89. The fourth-order valence-corrected chi connectivity index (χ4v) is 5.72. The number of thiophene rings is 1. The number of rotatable bonds is 4. The molecule has 1 aromatic carbocycles. The van der Waals surface area contributed by atoms with Crippen LogP contribution in [0.3, 0.4) is 0 Å². The van der Waals surface area contributed by atoms with Gasteiger partial charge >= 0.3 is 12.2 Å². The normalized spacial score (nSPS) is 21.0. The van der Waals surface area contributed by atoms with E-state index in [1.54, 1.807) is 60.9 Å². The number of anilines is 2. The van der Waals surface area contributed by atoms with Crippen molar-refractivity contribution in [2.24, 2.45) is 0 Å². The van der Waals surface area contributed by atoms with Gasteiger partial charge in [-0.05, 0) is 45.0 Å². The molecule has 0 aliphatic carbocycles. The van der Waals surface area contributed by atoms with Gasteiger partial charge in [-0.2, -0.15) is 0 Å². The monoisotopic (exact) mass is 576 g/mol. The molecular weight excluding hydrogens is 548 g/mol. The van der Waals surface area contributed by atoms with Gasteiger partial charge < -0.3 is 24.4 Å². The van der Waals surface area contributed by atoms with E-state index in [0.717, 1.165) is 0 Å². The Hall–Kier alpha value is -3.51. The summed E-state index contributed by atoms with van der Waals surface area (Å²) in [5.41, 5.74) is 0.486. The first-order valence-electron chi connectivity index (χ1n) is 12.6. The lowest BCUT2D eigenvalue weighted by Gasteiger charge is -2.35. The topological polar surface area (TPSA) is 118 Å². The van der Waals surface area contributed by atoms with Crippen LogP contribution in [0.25, 0.3) is 0 Å². The Kier molecular flexibility index (Phi) is 7.34. The molecule has 4 heterocycles. The maximum Gasteiger partial charge on any atom is 0.415 e. The van der Waals surface area contributed by atoms with Gasteiger partial charge in [0.15, 0.2) is 0 Å². The van der Waals surface area contributed by atoms with Crippen molar-refractivity contribution in [1.82, 2.24) is 10.2 Å². The van der Waals surface area contributed by atoms with E-state index in [1.165, 1.54) is 16.2 Å². The van der Waals surface area contributed by atoms with E-state index in [1.807, 2.05) is 0 Å². The molecule has 0 saturated carbocycles. The first kappa shape index (κ1) is 27.1. The number of ether oxygens (including phenoxy) is 3. The summed E-state index contributed by atoms with van der Waals surface area (Å²) >= 11 is 7.10. The second kappa shape index (κ2) is 10.6. The highest BCUT2D eigenvalue weighted by Gasteiger charge is 2.45. The molecular formula is C26H29ClN4O7S. The zero-order valence-corrected chi connectivity index (χ0v) is 23.3. The average molecular weight is 577 g/mol. The van der Waals surface area contributed by atoms with E-state index in [2.05, 4.69) is 5.32 Å². The minimum Gasteiger partial charge on any atom is -0.491 e. The Morgan fingerprint density at radius 2 is 1.97 bits per heavy atom. The van der Waals surface area contributed by atoms with Crippen LogP contribution in [0.5, 0.6) is 5.75 Å². The first-order chi connectivity index (χ1) is 18.5. The number of cyclic esters (lactones) is 1. The van der Waals surface area contributed by atoms with Crippen molar-refractivity contribution in [3.8, 4) is 5.75 Å². The van der Waals surface area contributed by atoms with E-state index in [0.29, 0.717) is 52.5 Å². The molecule has 13 heteroatoms. The van der Waals surface area contributed by atoms with Gasteiger partial charge in [0.1, 0.15) is 24.0 Å². The molecule has 208 valence electrons. The molecule has 0 unspecified atom stereocenters. The van der Waals surface area contributed by atoms with Crippen molar-refractivity contribution in [3.63, 3.8) is 0 Å². The second-order valence-electron chi connectivity index (χ2n) is 10.4. The van der Waals surface area contributed by atoms with Gasteiger partial charge in [-0.25, -0.2) is 9.59 Å². The highest BCUT2D eigenvalue weighted by molar-refractivity contribution is 7.18. The smallest absolute Gasteiger partial charge is 0.415 e. The molecule has 0 bridgehead atoms. The van der Waals surface area contributed by atoms with Crippen molar-refractivity contribution in [2.75, 3.05) is 42.6 Å². The van der Waals surface area contributed by atoms with Gasteiger partial charge in [-0.3, -0.25) is 19.4 Å². The summed E-state index contributed by atoms with van der Waals surface area (Å²) in [5.74, 6) is -0.0815. The summed E-state index contributed by atoms with van der Waals surface area (Å²) in [6, 6.07) is 8.16. The van der Waals surface area contributed by atoms with E-state index < -0.39 is 23.9 Å². The molecule has 1 N–H and O–H groups in total. The first-order valence-corrected chi connectivity index (χ1v) is 13.8. The van der Waals surface area contributed by atoms with Crippen molar-refractivity contribution >= 4 is 58.3 Å². The van der Waals surface area contributed by atoms with Crippen molar-refractivity contribution < 1.29 is 33.4 Å².